The van der Waals surface area contributed by atoms with Crippen LogP contribution in [-0.2, 0) is 13.0 Å². The Morgan fingerprint density at radius 3 is 2.71 bits per heavy atom. The zero-order valence-corrected chi connectivity index (χ0v) is 15.3. The first-order chi connectivity index (χ1) is 11.6. The van der Waals surface area contributed by atoms with Crippen molar-refractivity contribution >= 4 is 11.6 Å². The van der Waals surface area contributed by atoms with Crippen LogP contribution in [0.1, 0.15) is 25.0 Å². The summed E-state index contributed by atoms with van der Waals surface area (Å²) in [5.41, 5.74) is 2.26. The van der Waals surface area contributed by atoms with Gasteiger partial charge in [0.2, 0.25) is 0 Å². The molecule has 0 bridgehead atoms. The van der Waals surface area contributed by atoms with E-state index in [0.717, 1.165) is 29.3 Å². The Hall–Kier alpha value is -1.95. The molecule has 0 aromatic heterocycles. The minimum atomic E-state index is 0.421. The molecule has 0 radical (unpaired) electrons. The zero-order valence-electron chi connectivity index (χ0n) is 14.6. The van der Waals surface area contributed by atoms with Crippen LogP contribution in [0.15, 0.2) is 48.5 Å². The molecule has 0 spiro atoms. The fourth-order valence-corrected chi connectivity index (χ4v) is 2.59. The van der Waals surface area contributed by atoms with E-state index in [1.807, 2.05) is 43.3 Å². The van der Waals surface area contributed by atoms with Crippen molar-refractivity contribution in [2.45, 2.75) is 32.9 Å². The second-order valence-corrected chi connectivity index (χ2v) is 6.33. The highest BCUT2D eigenvalue weighted by Gasteiger charge is 2.09. The number of likely N-dealkylation sites (N-methyl/N-ethyl adjacent to an activating group) is 1. The highest BCUT2D eigenvalue weighted by atomic mass is 35.5. The second kappa shape index (κ2) is 9.37. The smallest absolute Gasteiger partial charge is 0.120 e. The molecule has 0 saturated carbocycles. The van der Waals surface area contributed by atoms with Gasteiger partial charge in [-0.3, -0.25) is 4.90 Å². The zero-order chi connectivity index (χ0) is 17.4. The molecule has 0 amide bonds. The van der Waals surface area contributed by atoms with Crippen LogP contribution in [0.3, 0.4) is 0 Å². The van der Waals surface area contributed by atoms with Gasteiger partial charge in [-0.25, -0.2) is 0 Å². The third kappa shape index (κ3) is 5.60. The normalized spacial score (nSPS) is 11.7. The highest BCUT2D eigenvalue weighted by Crippen LogP contribution is 2.20. The summed E-state index contributed by atoms with van der Waals surface area (Å²) in [5.74, 6) is 6.92. The minimum absolute atomic E-state index is 0.421. The Balaban J connectivity index is 1.95. The molecule has 2 rings (SSSR count). The standard InChI is InChI=1S/C21H24ClNO/c1-4-5-13-23(3)17(2)14-18-9-8-11-20(15-18)24-16-19-10-6-7-12-21(19)22/h6-12,15,17H,13-14,16H2,1-3H3/t17-/m1/s1. The van der Waals surface area contributed by atoms with Crippen LogP contribution in [0.2, 0.25) is 5.02 Å². The first-order valence-electron chi connectivity index (χ1n) is 8.15. The van der Waals surface area contributed by atoms with Crippen molar-refractivity contribution < 1.29 is 4.74 Å². The lowest BCUT2D eigenvalue weighted by atomic mass is 10.1. The maximum absolute atomic E-state index is 6.17. The maximum Gasteiger partial charge on any atom is 0.120 e. The molecule has 1 atom stereocenters. The van der Waals surface area contributed by atoms with Gasteiger partial charge in [0.05, 0.1) is 6.54 Å². The van der Waals surface area contributed by atoms with E-state index in [4.69, 9.17) is 16.3 Å². The molecule has 0 aliphatic carbocycles. The molecule has 0 aliphatic rings. The predicted molar refractivity (Wildman–Crippen MR) is 101 cm³/mol. The van der Waals surface area contributed by atoms with E-state index >= 15 is 0 Å². The van der Waals surface area contributed by atoms with Crippen LogP contribution in [0.25, 0.3) is 0 Å². The van der Waals surface area contributed by atoms with Crippen molar-refractivity contribution in [1.29, 1.82) is 0 Å². The Morgan fingerprint density at radius 2 is 1.96 bits per heavy atom. The molecular formula is C21H24ClNO. The molecule has 2 nitrogen and oxygen atoms in total. The number of rotatable bonds is 7. The number of halogens is 1. The quantitative estimate of drug-likeness (QED) is 0.670. The summed E-state index contributed by atoms with van der Waals surface area (Å²) in [4.78, 5) is 2.26. The summed E-state index contributed by atoms with van der Waals surface area (Å²) in [7, 11) is 2.10. The Bertz CT molecular complexity index is 717. The van der Waals surface area contributed by atoms with Gasteiger partial charge >= 0.3 is 0 Å². The predicted octanol–water partition coefficient (Wildman–Crippen LogP) is 4.81. The number of hydrogen-bond donors (Lipinski definition) is 0. The second-order valence-electron chi connectivity index (χ2n) is 5.92. The van der Waals surface area contributed by atoms with Gasteiger partial charge in [0, 0.05) is 16.6 Å². The summed E-state index contributed by atoms with van der Waals surface area (Å²) >= 11 is 6.17. The molecule has 24 heavy (non-hydrogen) atoms. The number of benzene rings is 2. The third-order valence-corrected chi connectivity index (χ3v) is 4.41. The van der Waals surface area contributed by atoms with E-state index in [2.05, 4.69) is 42.8 Å². The van der Waals surface area contributed by atoms with E-state index in [1.54, 1.807) is 0 Å². The van der Waals surface area contributed by atoms with E-state index in [1.165, 1.54) is 5.56 Å². The molecule has 2 aromatic carbocycles. The lowest BCUT2D eigenvalue weighted by Crippen LogP contribution is -2.31. The molecular weight excluding hydrogens is 318 g/mol. The van der Waals surface area contributed by atoms with Crippen LogP contribution in [-0.4, -0.2) is 24.5 Å². The molecule has 0 saturated heterocycles. The summed E-state index contributed by atoms with van der Waals surface area (Å²) in [6.45, 7) is 5.36. The van der Waals surface area contributed by atoms with Gasteiger partial charge in [0.25, 0.3) is 0 Å². The van der Waals surface area contributed by atoms with E-state index in [0.29, 0.717) is 12.6 Å². The Kier molecular flexibility index (Phi) is 7.18. The first kappa shape index (κ1) is 18.4. The largest absolute Gasteiger partial charge is 0.489 e. The number of nitrogens with zero attached hydrogens (tertiary/aromatic N) is 1. The van der Waals surface area contributed by atoms with E-state index in [9.17, 15) is 0 Å². The SMILES string of the molecule is CC#CCN(C)[C@H](C)Cc1cccc(OCc2ccccc2Cl)c1. The molecule has 2 aromatic rings. The van der Waals surface area contributed by atoms with Crippen LogP contribution in [0.4, 0.5) is 0 Å². The van der Waals surface area contributed by atoms with Crippen molar-refractivity contribution in [2.75, 3.05) is 13.6 Å². The van der Waals surface area contributed by atoms with Gasteiger partial charge in [0.1, 0.15) is 12.4 Å². The highest BCUT2D eigenvalue weighted by molar-refractivity contribution is 6.31. The van der Waals surface area contributed by atoms with Crippen LogP contribution >= 0.6 is 11.6 Å². The van der Waals surface area contributed by atoms with Crippen molar-refractivity contribution in [1.82, 2.24) is 4.90 Å². The van der Waals surface area contributed by atoms with Crippen molar-refractivity contribution in [3.8, 4) is 17.6 Å². The van der Waals surface area contributed by atoms with Crippen LogP contribution < -0.4 is 4.74 Å². The average Bonchev–Trinajstić information content (AvgIpc) is 2.59. The van der Waals surface area contributed by atoms with Gasteiger partial charge in [-0.15, -0.1) is 5.92 Å². The van der Waals surface area contributed by atoms with Crippen LogP contribution in [0, 0.1) is 11.8 Å². The molecule has 0 heterocycles. The average molecular weight is 342 g/mol. The summed E-state index contributed by atoms with van der Waals surface area (Å²) < 4.78 is 5.90. The van der Waals surface area contributed by atoms with E-state index < -0.39 is 0 Å². The third-order valence-electron chi connectivity index (χ3n) is 4.04. The fourth-order valence-electron chi connectivity index (χ4n) is 2.40. The van der Waals surface area contributed by atoms with Gasteiger partial charge in [-0.05, 0) is 51.1 Å². The van der Waals surface area contributed by atoms with Gasteiger partial charge in [-0.1, -0.05) is 47.9 Å². The number of ether oxygens (including phenoxy) is 1. The van der Waals surface area contributed by atoms with E-state index in [-0.39, 0.29) is 0 Å². The summed E-state index contributed by atoms with van der Waals surface area (Å²) in [5, 5.41) is 0.737. The molecule has 0 fully saturated rings. The number of hydrogen-bond acceptors (Lipinski definition) is 2. The molecule has 0 unspecified atom stereocenters. The van der Waals surface area contributed by atoms with Crippen molar-refractivity contribution in [2.24, 2.45) is 0 Å². The van der Waals surface area contributed by atoms with Gasteiger partial charge in [-0.2, -0.15) is 0 Å². The van der Waals surface area contributed by atoms with Gasteiger partial charge < -0.3 is 4.74 Å². The Labute approximate surface area is 150 Å². The summed E-state index contributed by atoms with van der Waals surface area (Å²) in [6.07, 6.45) is 0.963. The monoisotopic (exact) mass is 341 g/mol. The molecule has 0 aliphatic heterocycles. The first-order valence-corrected chi connectivity index (χ1v) is 8.53. The summed E-state index contributed by atoms with van der Waals surface area (Å²) in [6, 6.07) is 16.4. The van der Waals surface area contributed by atoms with Crippen molar-refractivity contribution in [3.05, 3.63) is 64.7 Å². The van der Waals surface area contributed by atoms with Gasteiger partial charge in [0.15, 0.2) is 0 Å². The van der Waals surface area contributed by atoms with Crippen LogP contribution in [0.5, 0.6) is 5.75 Å². The van der Waals surface area contributed by atoms with Crippen molar-refractivity contribution in [3.63, 3.8) is 0 Å². The fraction of sp³-hybridized carbons (Fsp3) is 0.333. The molecule has 0 N–H and O–H groups in total. The lowest BCUT2D eigenvalue weighted by Gasteiger charge is -2.22. The lowest BCUT2D eigenvalue weighted by molar-refractivity contribution is 0.285. The minimum Gasteiger partial charge on any atom is -0.489 e. The maximum atomic E-state index is 6.17. The topological polar surface area (TPSA) is 12.5 Å². The Morgan fingerprint density at radius 1 is 1.17 bits per heavy atom. The molecule has 3 heteroatoms. The molecule has 126 valence electrons.